The van der Waals surface area contributed by atoms with E-state index in [9.17, 15) is 19.5 Å². The number of benzene rings is 2. The molecule has 10 heteroatoms. The van der Waals surface area contributed by atoms with Gasteiger partial charge < -0.3 is 33.2 Å². The molecule has 2 aromatic carbocycles. The SMILES string of the molecule is COc1c(OC)c(O)c2c(=O)c(C)c(/C=C/c3cc(OC(C)=O)cc(OC(C)=O)c3)oc2c1OC. The van der Waals surface area contributed by atoms with Crippen molar-refractivity contribution in [3.63, 3.8) is 0 Å². The van der Waals surface area contributed by atoms with Crippen LogP contribution in [0.25, 0.3) is 23.1 Å². The van der Waals surface area contributed by atoms with Crippen LogP contribution in [0.15, 0.2) is 27.4 Å². The molecule has 0 aliphatic carbocycles. The Kier molecular flexibility index (Phi) is 7.34. The van der Waals surface area contributed by atoms with Gasteiger partial charge in [-0.1, -0.05) is 6.08 Å². The molecule has 10 nitrogen and oxygen atoms in total. The Morgan fingerprint density at radius 2 is 1.40 bits per heavy atom. The summed E-state index contributed by atoms with van der Waals surface area (Å²) in [5, 5.41) is 10.5. The highest BCUT2D eigenvalue weighted by Crippen LogP contribution is 2.49. The maximum Gasteiger partial charge on any atom is 0.308 e. The van der Waals surface area contributed by atoms with Crippen molar-refractivity contribution in [2.75, 3.05) is 21.3 Å². The molecule has 0 bridgehead atoms. The summed E-state index contributed by atoms with van der Waals surface area (Å²) < 4.78 is 32.1. The fraction of sp³-hybridized carbons (Fsp3) is 0.240. The Labute approximate surface area is 200 Å². The standard InChI is InChI=1S/C25H24O10/c1-12-18(8-7-15-9-16(33-13(2)26)11-17(10-15)34-14(3)27)35-22-19(20(12)28)21(29)23(30-4)25(32-6)24(22)31-5/h7-11,29H,1-6H3/b8-7+. The van der Waals surface area contributed by atoms with E-state index < -0.39 is 23.1 Å². The van der Waals surface area contributed by atoms with Crippen molar-refractivity contribution in [2.45, 2.75) is 20.8 Å². The molecule has 3 rings (SSSR count). The second-order valence-electron chi connectivity index (χ2n) is 7.33. The van der Waals surface area contributed by atoms with E-state index in [0.717, 1.165) is 0 Å². The van der Waals surface area contributed by atoms with Crippen LogP contribution in [-0.2, 0) is 9.59 Å². The van der Waals surface area contributed by atoms with Gasteiger partial charge in [-0.3, -0.25) is 14.4 Å². The topological polar surface area (TPSA) is 131 Å². The lowest BCUT2D eigenvalue weighted by Gasteiger charge is -2.16. The third-order valence-electron chi connectivity index (χ3n) is 4.91. The van der Waals surface area contributed by atoms with Gasteiger partial charge in [0, 0.05) is 25.5 Å². The molecule has 184 valence electrons. The van der Waals surface area contributed by atoms with Crippen molar-refractivity contribution in [2.24, 2.45) is 0 Å². The van der Waals surface area contributed by atoms with Gasteiger partial charge in [0.05, 0.1) is 21.3 Å². The lowest BCUT2D eigenvalue weighted by Crippen LogP contribution is -2.09. The molecule has 0 amide bonds. The summed E-state index contributed by atoms with van der Waals surface area (Å²) in [6.45, 7) is 4.02. The molecular weight excluding hydrogens is 460 g/mol. The van der Waals surface area contributed by atoms with Crippen molar-refractivity contribution < 1.29 is 42.8 Å². The van der Waals surface area contributed by atoms with Crippen molar-refractivity contribution in [1.82, 2.24) is 0 Å². The number of carbonyl (C=O) groups excluding carboxylic acids is 2. The minimum atomic E-state index is -0.549. The van der Waals surface area contributed by atoms with Crippen LogP contribution in [0.4, 0.5) is 0 Å². The maximum absolute atomic E-state index is 13.1. The number of phenolic OH excluding ortho intramolecular Hbond substituents is 1. The highest BCUT2D eigenvalue weighted by Gasteiger charge is 2.27. The van der Waals surface area contributed by atoms with Crippen LogP contribution in [0.3, 0.4) is 0 Å². The van der Waals surface area contributed by atoms with Gasteiger partial charge in [-0.15, -0.1) is 0 Å². The molecule has 0 saturated carbocycles. The highest BCUT2D eigenvalue weighted by molar-refractivity contribution is 5.95. The molecule has 0 radical (unpaired) electrons. The number of ether oxygens (including phenoxy) is 5. The number of aromatic hydroxyl groups is 1. The van der Waals surface area contributed by atoms with Gasteiger partial charge in [0.15, 0.2) is 16.8 Å². The van der Waals surface area contributed by atoms with E-state index >= 15 is 0 Å². The molecule has 35 heavy (non-hydrogen) atoms. The first-order valence-electron chi connectivity index (χ1n) is 10.3. The zero-order chi connectivity index (χ0) is 25.9. The largest absolute Gasteiger partial charge is 0.504 e. The lowest BCUT2D eigenvalue weighted by molar-refractivity contribution is -0.132. The highest BCUT2D eigenvalue weighted by atomic mass is 16.5. The number of hydrogen-bond acceptors (Lipinski definition) is 10. The summed E-state index contributed by atoms with van der Waals surface area (Å²) in [6, 6.07) is 4.48. The first-order valence-corrected chi connectivity index (χ1v) is 10.3. The van der Waals surface area contributed by atoms with Crippen LogP contribution in [0.2, 0.25) is 0 Å². The van der Waals surface area contributed by atoms with Crippen molar-refractivity contribution in [3.05, 3.63) is 45.3 Å². The van der Waals surface area contributed by atoms with E-state index in [1.54, 1.807) is 18.2 Å². The molecular formula is C25H24O10. The van der Waals surface area contributed by atoms with Crippen LogP contribution in [-0.4, -0.2) is 38.4 Å². The quantitative estimate of drug-likeness (QED) is 0.390. The molecule has 0 unspecified atom stereocenters. The fourth-order valence-corrected chi connectivity index (χ4v) is 3.47. The second-order valence-corrected chi connectivity index (χ2v) is 7.33. The number of hydrogen-bond donors (Lipinski definition) is 1. The predicted molar refractivity (Wildman–Crippen MR) is 127 cm³/mol. The third kappa shape index (κ3) is 5.06. The minimum absolute atomic E-state index is 0.0350. The van der Waals surface area contributed by atoms with Crippen molar-refractivity contribution in [1.29, 1.82) is 0 Å². The number of fused-ring (bicyclic) bond motifs is 1. The first-order chi connectivity index (χ1) is 16.6. The number of rotatable bonds is 7. The number of carbonyl (C=O) groups is 2. The summed E-state index contributed by atoms with van der Waals surface area (Å²) in [5.41, 5.74) is 0.156. The molecule has 0 spiro atoms. The lowest BCUT2D eigenvalue weighted by atomic mass is 10.1. The second kappa shape index (κ2) is 10.2. The molecule has 3 aromatic rings. The summed E-state index contributed by atoms with van der Waals surface area (Å²) in [5.74, 6) is -0.980. The van der Waals surface area contributed by atoms with E-state index in [0.29, 0.717) is 5.56 Å². The van der Waals surface area contributed by atoms with Crippen molar-refractivity contribution >= 4 is 35.1 Å². The molecule has 0 saturated heterocycles. The van der Waals surface area contributed by atoms with Crippen LogP contribution >= 0.6 is 0 Å². The Morgan fingerprint density at radius 1 is 0.857 bits per heavy atom. The van der Waals surface area contributed by atoms with E-state index in [1.807, 2.05) is 0 Å². The Balaban J connectivity index is 2.20. The Morgan fingerprint density at radius 3 is 1.89 bits per heavy atom. The number of phenols is 1. The van der Waals surface area contributed by atoms with Gasteiger partial charge in [-0.05, 0) is 30.7 Å². The monoisotopic (exact) mass is 484 g/mol. The molecule has 0 aliphatic heterocycles. The molecule has 1 heterocycles. The molecule has 1 aromatic heterocycles. The summed E-state index contributed by atoms with van der Waals surface area (Å²) in [7, 11) is 4.04. The zero-order valence-electron chi connectivity index (χ0n) is 20.0. The summed E-state index contributed by atoms with van der Waals surface area (Å²) in [4.78, 5) is 35.9. The van der Waals surface area contributed by atoms with Gasteiger partial charge in [-0.25, -0.2) is 0 Å². The van der Waals surface area contributed by atoms with Gasteiger partial charge in [0.1, 0.15) is 22.6 Å². The molecule has 0 fully saturated rings. The van der Waals surface area contributed by atoms with Crippen LogP contribution in [0, 0.1) is 6.92 Å². The van der Waals surface area contributed by atoms with E-state index in [2.05, 4.69) is 0 Å². The third-order valence-corrected chi connectivity index (χ3v) is 4.91. The molecule has 0 atom stereocenters. The first kappa shape index (κ1) is 25.2. The van der Waals surface area contributed by atoms with Crippen LogP contribution in [0.5, 0.6) is 34.5 Å². The molecule has 1 N–H and O–H groups in total. The average Bonchev–Trinajstić information content (AvgIpc) is 2.78. The minimum Gasteiger partial charge on any atom is -0.504 e. The average molecular weight is 484 g/mol. The summed E-state index contributed by atoms with van der Waals surface area (Å²) >= 11 is 0. The normalized spacial score (nSPS) is 10.9. The van der Waals surface area contributed by atoms with Gasteiger partial charge in [-0.2, -0.15) is 0 Å². The maximum atomic E-state index is 13.1. The Bertz CT molecular complexity index is 1360. The zero-order valence-corrected chi connectivity index (χ0v) is 20.0. The predicted octanol–water partition coefficient (Wildman–Crippen LogP) is 3.85. The van der Waals surface area contributed by atoms with E-state index in [-0.39, 0.29) is 51.0 Å². The molecule has 0 aliphatic rings. The van der Waals surface area contributed by atoms with E-state index in [4.69, 9.17) is 28.1 Å². The Hall–Kier alpha value is -4.47. The van der Waals surface area contributed by atoms with Gasteiger partial charge in [0.2, 0.25) is 17.2 Å². The van der Waals surface area contributed by atoms with Gasteiger partial charge >= 0.3 is 11.9 Å². The smallest absolute Gasteiger partial charge is 0.308 e. The van der Waals surface area contributed by atoms with Crippen molar-refractivity contribution in [3.8, 4) is 34.5 Å². The van der Waals surface area contributed by atoms with Crippen LogP contribution < -0.4 is 29.1 Å². The number of esters is 2. The van der Waals surface area contributed by atoms with Gasteiger partial charge in [0.25, 0.3) is 0 Å². The summed E-state index contributed by atoms with van der Waals surface area (Å²) in [6.07, 6.45) is 3.08. The van der Waals surface area contributed by atoms with E-state index in [1.165, 1.54) is 54.2 Å². The number of methoxy groups -OCH3 is 3. The fourth-order valence-electron chi connectivity index (χ4n) is 3.47. The van der Waals surface area contributed by atoms with Crippen LogP contribution in [0.1, 0.15) is 30.7 Å².